The summed E-state index contributed by atoms with van der Waals surface area (Å²) >= 11 is 7.45. The van der Waals surface area contributed by atoms with Crippen molar-refractivity contribution in [1.82, 2.24) is 5.32 Å². The standard InChI is InChI=1S/C15H22ClNOS/c1-10-4-3-5-11(2)15(10)17-14(18)9-7-12-6-8-13(16)19-12/h6,8,10-11,15H,3-5,7,9H2,1-2H3,(H,17,18). The first-order valence-electron chi connectivity index (χ1n) is 7.10. The maximum absolute atomic E-state index is 12.0. The molecule has 0 spiro atoms. The highest BCUT2D eigenvalue weighted by Crippen LogP contribution is 2.29. The summed E-state index contributed by atoms with van der Waals surface area (Å²) in [6, 6.07) is 4.25. The van der Waals surface area contributed by atoms with Crippen molar-refractivity contribution in [2.24, 2.45) is 11.8 Å². The Bertz CT molecular complexity index is 422. The Labute approximate surface area is 124 Å². The lowest BCUT2D eigenvalue weighted by atomic mass is 9.78. The fourth-order valence-electron chi connectivity index (χ4n) is 2.95. The second-order valence-corrected chi connectivity index (χ2v) is 7.48. The molecule has 1 heterocycles. The van der Waals surface area contributed by atoms with E-state index in [2.05, 4.69) is 19.2 Å². The van der Waals surface area contributed by atoms with Crippen molar-refractivity contribution in [2.75, 3.05) is 0 Å². The molecule has 106 valence electrons. The van der Waals surface area contributed by atoms with E-state index in [-0.39, 0.29) is 5.91 Å². The second-order valence-electron chi connectivity index (χ2n) is 5.68. The van der Waals surface area contributed by atoms with Gasteiger partial charge in [-0.1, -0.05) is 31.9 Å². The first-order chi connectivity index (χ1) is 9.06. The van der Waals surface area contributed by atoms with Crippen LogP contribution in [0.4, 0.5) is 0 Å². The molecule has 1 aliphatic carbocycles. The van der Waals surface area contributed by atoms with E-state index in [1.165, 1.54) is 24.1 Å². The number of hydrogen-bond acceptors (Lipinski definition) is 2. The third-order valence-electron chi connectivity index (χ3n) is 4.10. The fourth-order valence-corrected chi connectivity index (χ4v) is 4.03. The van der Waals surface area contributed by atoms with Crippen molar-refractivity contribution >= 4 is 28.8 Å². The van der Waals surface area contributed by atoms with E-state index in [1.54, 1.807) is 11.3 Å². The van der Waals surface area contributed by atoms with Crippen LogP contribution >= 0.6 is 22.9 Å². The van der Waals surface area contributed by atoms with Gasteiger partial charge < -0.3 is 5.32 Å². The van der Waals surface area contributed by atoms with Crippen LogP contribution in [0.3, 0.4) is 0 Å². The molecule has 1 aromatic rings. The molecule has 0 saturated heterocycles. The van der Waals surface area contributed by atoms with Gasteiger partial charge >= 0.3 is 0 Å². The fraction of sp³-hybridized carbons (Fsp3) is 0.667. The van der Waals surface area contributed by atoms with Crippen LogP contribution in [0.2, 0.25) is 4.34 Å². The minimum Gasteiger partial charge on any atom is -0.353 e. The maximum Gasteiger partial charge on any atom is 0.220 e. The predicted molar refractivity (Wildman–Crippen MR) is 81.8 cm³/mol. The molecule has 1 amide bonds. The summed E-state index contributed by atoms with van der Waals surface area (Å²) < 4.78 is 0.796. The monoisotopic (exact) mass is 299 g/mol. The largest absolute Gasteiger partial charge is 0.353 e. The van der Waals surface area contributed by atoms with Gasteiger partial charge in [0, 0.05) is 17.3 Å². The van der Waals surface area contributed by atoms with Gasteiger partial charge in [0.25, 0.3) is 0 Å². The van der Waals surface area contributed by atoms with Crippen LogP contribution < -0.4 is 5.32 Å². The molecule has 1 aromatic heterocycles. The van der Waals surface area contributed by atoms with Crippen LogP contribution in [0.25, 0.3) is 0 Å². The predicted octanol–water partition coefficient (Wildman–Crippen LogP) is 4.28. The molecule has 0 aromatic carbocycles. The molecule has 2 unspecified atom stereocenters. The Morgan fingerprint density at radius 3 is 2.63 bits per heavy atom. The van der Waals surface area contributed by atoms with Crippen molar-refractivity contribution in [3.8, 4) is 0 Å². The zero-order valence-electron chi connectivity index (χ0n) is 11.6. The molecule has 1 saturated carbocycles. The Kier molecular flexibility index (Phi) is 5.28. The molecule has 1 fully saturated rings. The molecule has 0 aliphatic heterocycles. The van der Waals surface area contributed by atoms with Gasteiger partial charge in [0.2, 0.25) is 5.91 Å². The summed E-state index contributed by atoms with van der Waals surface area (Å²) in [6.45, 7) is 4.50. The summed E-state index contributed by atoms with van der Waals surface area (Å²) in [4.78, 5) is 13.2. The van der Waals surface area contributed by atoms with Gasteiger partial charge in [-0.25, -0.2) is 0 Å². The molecule has 0 radical (unpaired) electrons. The molecule has 2 atom stereocenters. The van der Waals surface area contributed by atoms with Gasteiger partial charge in [0.1, 0.15) is 0 Å². The van der Waals surface area contributed by atoms with E-state index >= 15 is 0 Å². The van der Waals surface area contributed by atoms with Crippen LogP contribution in [0.1, 0.15) is 44.4 Å². The molecular formula is C15H22ClNOS. The number of thiophene rings is 1. The first kappa shape index (κ1) is 14.9. The molecule has 0 bridgehead atoms. The highest BCUT2D eigenvalue weighted by Gasteiger charge is 2.28. The van der Waals surface area contributed by atoms with E-state index < -0.39 is 0 Å². The lowest BCUT2D eigenvalue weighted by molar-refractivity contribution is -0.122. The van der Waals surface area contributed by atoms with Crippen molar-refractivity contribution in [3.05, 3.63) is 21.3 Å². The molecule has 1 aliphatic rings. The number of rotatable bonds is 4. The Morgan fingerprint density at radius 1 is 1.37 bits per heavy atom. The lowest BCUT2D eigenvalue weighted by Gasteiger charge is -2.35. The summed E-state index contributed by atoms with van der Waals surface area (Å²) in [5.74, 6) is 1.38. The lowest BCUT2D eigenvalue weighted by Crippen LogP contribution is -2.45. The number of hydrogen-bond donors (Lipinski definition) is 1. The van der Waals surface area contributed by atoms with Crippen LogP contribution in [-0.4, -0.2) is 11.9 Å². The molecule has 2 rings (SSSR count). The normalized spacial score (nSPS) is 27.2. The highest BCUT2D eigenvalue weighted by molar-refractivity contribution is 7.16. The molecular weight excluding hydrogens is 278 g/mol. The number of aryl methyl sites for hydroxylation is 1. The van der Waals surface area contributed by atoms with Crippen molar-refractivity contribution in [3.63, 3.8) is 0 Å². The summed E-state index contributed by atoms with van der Waals surface area (Å²) in [6.07, 6.45) is 5.11. The topological polar surface area (TPSA) is 29.1 Å². The van der Waals surface area contributed by atoms with E-state index in [4.69, 9.17) is 11.6 Å². The average Bonchev–Trinajstić information content (AvgIpc) is 2.77. The van der Waals surface area contributed by atoms with E-state index in [0.29, 0.717) is 24.3 Å². The van der Waals surface area contributed by atoms with Crippen LogP contribution in [-0.2, 0) is 11.2 Å². The smallest absolute Gasteiger partial charge is 0.220 e. The van der Waals surface area contributed by atoms with Gasteiger partial charge in [0.15, 0.2) is 0 Å². The first-order valence-corrected chi connectivity index (χ1v) is 8.29. The number of carbonyl (C=O) groups is 1. The van der Waals surface area contributed by atoms with Gasteiger partial charge in [-0.2, -0.15) is 0 Å². The van der Waals surface area contributed by atoms with Crippen LogP contribution in [0.5, 0.6) is 0 Å². The SMILES string of the molecule is CC1CCCC(C)C1NC(=O)CCc1ccc(Cl)s1. The average molecular weight is 300 g/mol. The number of carbonyl (C=O) groups excluding carboxylic acids is 1. The highest BCUT2D eigenvalue weighted by atomic mass is 35.5. The third-order valence-corrected chi connectivity index (χ3v) is 5.39. The number of halogens is 1. The van der Waals surface area contributed by atoms with E-state index in [1.807, 2.05) is 12.1 Å². The summed E-state index contributed by atoms with van der Waals surface area (Å²) in [5, 5.41) is 3.23. The van der Waals surface area contributed by atoms with Gasteiger partial charge in [0.05, 0.1) is 4.34 Å². The second kappa shape index (κ2) is 6.76. The van der Waals surface area contributed by atoms with Crippen LogP contribution in [0, 0.1) is 11.8 Å². The molecule has 2 nitrogen and oxygen atoms in total. The van der Waals surface area contributed by atoms with Gasteiger partial charge in [-0.3, -0.25) is 4.79 Å². The quantitative estimate of drug-likeness (QED) is 0.883. The van der Waals surface area contributed by atoms with Crippen molar-refractivity contribution < 1.29 is 4.79 Å². The number of amides is 1. The summed E-state index contributed by atoms with van der Waals surface area (Å²) in [7, 11) is 0. The van der Waals surface area contributed by atoms with Crippen molar-refractivity contribution in [1.29, 1.82) is 0 Å². The zero-order valence-corrected chi connectivity index (χ0v) is 13.2. The molecule has 4 heteroatoms. The molecule has 1 N–H and O–H groups in total. The van der Waals surface area contributed by atoms with E-state index in [0.717, 1.165) is 10.8 Å². The molecule has 19 heavy (non-hydrogen) atoms. The van der Waals surface area contributed by atoms with Gasteiger partial charge in [-0.05, 0) is 43.2 Å². The maximum atomic E-state index is 12.0. The van der Waals surface area contributed by atoms with E-state index in [9.17, 15) is 4.79 Å². The van der Waals surface area contributed by atoms with Gasteiger partial charge in [-0.15, -0.1) is 11.3 Å². The number of nitrogens with one attached hydrogen (secondary N) is 1. The minimum atomic E-state index is 0.176. The Balaban J connectivity index is 1.80. The Hall–Kier alpha value is -0.540. The zero-order chi connectivity index (χ0) is 13.8. The summed E-state index contributed by atoms with van der Waals surface area (Å²) in [5.41, 5.74) is 0. The van der Waals surface area contributed by atoms with Crippen molar-refractivity contribution in [2.45, 2.75) is 52.0 Å². The third kappa shape index (κ3) is 4.22. The minimum absolute atomic E-state index is 0.176. The van der Waals surface area contributed by atoms with Crippen LogP contribution in [0.15, 0.2) is 12.1 Å². The Morgan fingerprint density at radius 2 is 2.05 bits per heavy atom.